The van der Waals surface area contributed by atoms with Gasteiger partial charge in [-0.25, -0.2) is 0 Å². The van der Waals surface area contributed by atoms with Crippen LogP contribution in [0.2, 0.25) is 0 Å². The summed E-state index contributed by atoms with van der Waals surface area (Å²) in [4.78, 5) is 9.29. The second-order valence-corrected chi connectivity index (χ2v) is 7.14. The number of guanidine groups is 1. The molecule has 0 saturated carbocycles. The van der Waals surface area contributed by atoms with Gasteiger partial charge in [-0.15, -0.1) is 24.0 Å². The molecule has 0 spiro atoms. The van der Waals surface area contributed by atoms with Crippen LogP contribution in [0.4, 0.5) is 5.69 Å². The number of nitrogens with zero attached hydrogens (tertiary/aromatic N) is 3. The molecule has 2 aliphatic rings. The molecule has 25 heavy (non-hydrogen) atoms. The van der Waals surface area contributed by atoms with E-state index in [1.54, 1.807) is 0 Å². The lowest BCUT2D eigenvalue weighted by Gasteiger charge is -2.30. The molecule has 2 saturated heterocycles. The van der Waals surface area contributed by atoms with E-state index in [-0.39, 0.29) is 24.0 Å². The fourth-order valence-electron chi connectivity index (χ4n) is 3.82. The predicted octanol–water partition coefficient (Wildman–Crippen LogP) is 2.39. The molecule has 2 unspecified atom stereocenters. The number of anilines is 1. The van der Waals surface area contributed by atoms with Gasteiger partial charge in [0.25, 0.3) is 0 Å². The number of nitrogens with one attached hydrogen (secondary N) is 2. The fourth-order valence-corrected chi connectivity index (χ4v) is 3.82. The lowest BCUT2D eigenvalue weighted by molar-refractivity contribution is 0.210. The summed E-state index contributed by atoms with van der Waals surface area (Å²) in [6.45, 7) is 5.58. The minimum Gasteiger partial charge on any atom is -0.369 e. The predicted molar refractivity (Wildman–Crippen MR) is 117 cm³/mol. The Hall–Kier alpha value is -1.02. The van der Waals surface area contributed by atoms with Crippen molar-refractivity contribution in [3.8, 4) is 0 Å². The Morgan fingerprint density at radius 1 is 1.16 bits per heavy atom. The smallest absolute Gasteiger partial charge is 0.191 e. The van der Waals surface area contributed by atoms with Gasteiger partial charge in [-0.05, 0) is 50.9 Å². The molecule has 0 bridgehead atoms. The van der Waals surface area contributed by atoms with Gasteiger partial charge in [-0.3, -0.25) is 4.99 Å². The quantitative estimate of drug-likeness (QED) is 0.414. The van der Waals surface area contributed by atoms with Crippen LogP contribution in [0.25, 0.3) is 0 Å². The van der Waals surface area contributed by atoms with Gasteiger partial charge in [0.15, 0.2) is 5.96 Å². The maximum atomic E-state index is 4.42. The van der Waals surface area contributed by atoms with Crippen LogP contribution in [-0.2, 0) is 0 Å². The zero-order chi connectivity index (χ0) is 16.8. The van der Waals surface area contributed by atoms with Gasteiger partial charge >= 0.3 is 0 Å². The van der Waals surface area contributed by atoms with E-state index in [9.17, 15) is 0 Å². The third kappa shape index (κ3) is 6.02. The molecule has 2 aliphatic heterocycles. The maximum Gasteiger partial charge on any atom is 0.191 e. The first-order chi connectivity index (χ1) is 11.7. The molecule has 0 amide bonds. The molecule has 2 atom stereocenters. The molecule has 6 heteroatoms. The summed E-state index contributed by atoms with van der Waals surface area (Å²) in [5.41, 5.74) is 1.31. The highest BCUT2D eigenvalue weighted by molar-refractivity contribution is 14.0. The lowest BCUT2D eigenvalue weighted by Crippen LogP contribution is -2.47. The molecule has 140 valence electrons. The van der Waals surface area contributed by atoms with Gasteiger partial charge in [0.05, 0.1) is 0 Å². The highest BCUT2D eigenvalue weighted by Gasteiger charge is 2.24. The topological polar surface area (TPSA) is 42.9 Å². The molecule has 0 aromatic heterocycles. The minimum absolute atomic E-state index is 0. The lowest BCUT2D eigenvalue weighted by atomic mass is 9.99. The second kappa shape index (κ2) is 10.2. The number of aliphatic imine (C=N–C) groups is 1. The van der Waals surface area contributed by atoms with E-state index in [1.165, 1.54) is 31.6 Å². The van der Waals surface area contributed by atoms with E-state index >= 15 is 0 Å². The summed E-state index contributed by atoms with van der Waals surface area (Å²) in [5.74, 6) is 1.68. The van der Waals surface area contributed by atoms with Crippen molar-refractivity contribution in [3.63, 3.8) is 0 Å². The van der Waals surface area contributed by atoms with Crippen molar-refractivity contribution in [2.24, 2.45) is 10.9 Å². The number of hydrogen-bond donors (Lipinski definition) is 2. The van der Waals surface area contributed by atoms with E-state index in [0.717, 1.165) is 37.9 Å². The van der Waals surface area contributed by atoms with E-state index < -0.39 is 0 Å². The van der Waals surface area contributed by atoms with Gasteiger partial charge in [0.1, 0.15) is 0 Å². The minimum atomic E-state index is 0. The first kappa shape index (κ1) is 20.3. The summed E-state index contributed by atoms with van der Waals surface area (Å²) in [5, 5.41) is 7.13. The summed E-state index contributed by atoms with van der Waals surface area (Å²) < 4.78 is 0. The molecule has 1 aromatic rings. The van der Waals surface area contributed by atoms with Crippen molar-refractivity contribution < 1.29 is 0 Å². The molecule has 5 nitrogen and oxygen atoms in total. The van der Waals surface area contributed by atoms with Crippen molar-refractivity contribution in [1.82, 2.24) is 15.5 Å². The van der Waals surface area contributed by atoms with Crippen LogP contribution in [-0.4, -0.2) is 63.7 Å². The third-order valence-electron chi connectivity index (χ3n) is 5.15. The highest BCUT2D eigenvalue weighted by atomic mass is 127. The first-order valence-electron chi connectivity index (χ1n) is 9.20. The van der Waals surface area contributed by atoms with E-state index in [4.69, 9.17) is 0 Å². The third-order valence-corrected chi connectivity index (χ3v) is 5.15. The molecule has 0 radical (unpaired) electrons. The van der Waals surface area contributed by atoms with Gasteiger partial charge in [0.2, 0.25) is 0 Å². The Morgan fingerprint density at radius 3 is 2.68 bits per heavy atom. The molecule has 2 fully saturated rings. The zero-order valence-corrected chi connectivity index (χ0v) is 17.8. The fraction of sp³-hybridized carbons (Fsp3) is 0.632. The summed E-state index contributed by atoms with van der Waals surface area (Å²) in [6.07, 6.45) is 3.78. The van der Waals surface area contributed by atoms with E-state index in [1.807, 2.05) is 7.05 Å². The normalized spacial score (nSPS) is 24.7. The van der Waals surface area contributed by atoms with Crippen molar-refractivity contribution in [3.05, 3.63) is 30.3 Å². The first-order valence-corrected chi connectivity index (χ1v) is 9.20. The summed E-state index contributed by atoms with van der Waals surface area (Å²) in [7, 11) is 4.09. The van der Waals surface area contributed by atoms with Crippen molar-refractivity contribution >= 4 is 35.6 Å². The SMILES string of the molecule is CN=C(NCC1CCCN(C)C1)NC1CCN(c2ccccc2)C1.I. The highest BCUT2D eigenvalue weighted by Crippen LogP contribution is 2.19. The van der Waals surface area contributed by atoms with Crippen LogP contribution in [0.1, 0.15) is 19.3 Å². The Kier molecular flexibility index (Phi) is 8.29. The average Bonchev–Trinajstić information content (AvgIpc) is 3.08. The molecule has 2 N–H and O–H groups in total. The number of piperidine rings is 1. The number of halogens is 1. The number of hydrogen-bond acceptors (Lipinski definition) is 3. The monoisotopic (exact) mass is 457 g/mol. The summed E-state index contributed by atoms with van der Waals surface area (Å²) in [6, 6.07) is 11.1. The Bertz CT molecular complexity index is 536. The Morgan fingerprint density at radius 2 is 1.96 bits per heavy atom. The van der Waals surface area contributed by atoms with Gasteiger partial charge < -0.3 is 20.4 Å². The molecule has 3 rings (SSSR count). The summed E-state index contributed by atoms with van der Waals surface area (Å²) >= 11 is 0. The van der Waals surface area contributed by atoms with Crippen molar-refractivity contribution in [1.29, 1.82) is 0 Å². The van der Waals surface area contributed by atoms with Crippen LogP contribution in [0, 0.1) is 5.92 Å². The average molecular weight is 457 g/mol. The van der Waals surface area contributed by atoms with Crippen LogP contribution in [0.15, 0.2) is 35.3 Å². The van der Waals surface area contributed by atoms with Gasteiger partial charge in [-0.2, -0.15) is 0 Å². The van der Waals surface area contributed by atoms with Gasteiger partial charge in [0, 0.05) is 45.0 Å². The Balaban J connectivity index is 0.00000225. The van der Waals surface area contributed by atoms with Crippen LogP contribution < -0.4 is 15.5 Å². The number of likely N-dealkylation sites (tertiary alicyclic amines) is 1. The van der Waals surface area contributed by atoms with Crippen molar-refractivity contribution in [2.45, 2.75) is 25.3 Å². The molecule has 2 heterocycles. The van der Waals surface area contributed by atoms with Crippen LogP contribution in [0.3, 0.4) is 0 Å². The molecular formula is C19H32IN5. The number of para-hydroxylation sites is 1. The number of benzene rings is 1. The van der Waals surface area contributed by atoms with Crippen molar-refractivity contribution in [2.75, 3.05) is 51.7 Å². The molecule has 1 aromatic carbocycles. The van der Waals surface area contributed by atoms with Crippen LogP contribution >= 0.6 is 24.0 Å². The maximum absolute atomic E-state index is 4.42. The molecular weight excluding hydrogens is 425 g/mol. The largest absolute Gasteiger partial charge is 0.369 e. The molecule has 0 aliphatic carbocycles. The number of rotatable bonds is 4. The second-order valence-electron chi connectivity index (χ2n) is 7.14. The van der Waals surface area contributed by atoms with Gasteiger partial charge in [-0.1, -0.05) is 18.2 Å². The van der Waals surface area contributed by atoms with Crippen LogP contribution in [0.5, 0.6) is 0 Å². The Labute approximate surface area is 169 Å². The standard InChI is InChI=1S/C19H31N5.HI/c1-20-19(21-13-16-7-6-11-23(2)14-16)22-17-10-12-24(15-17)18-8-4-3-5-9-18;/h3-5,8-9,16-17H,6-7,10-15H2,1-2H3,(H2,20,21,22);1H. The van der Waals surface area contributed by atoms with E-state index in [0.29, 0.717) is 6.04 Å². The van der Waals surface area contributed by atoms with E-state index in [2.05, 4.69) is 62.8 Å². The zero-order valence-electron chi connectivity index (χ0n) is 15.4.